The van der Waals surface area contributed by atoms with Crippen molar-refractivity contribution < 1.29 is 9.63 Å². The Balaban J connectivity index is 2.28. The molecule has 0 bridgehead atoms. The number of para-hydroxylation sites is 1. The van der Waals surface area contributed by atoms with E-state index in [0.29, 0.717) is 23.7 Å². The number of rotatable bonds is 3. The van der Waals surface area contributed by atoms with E-state index in [1.54, 1.807) is 24.3 Å². The molecule has 3 N–H and O–H groups in total. The minimum Gasteiger partial charge on any atom is -0.507 e. The summed E-state index contributed by atoms with van der Waals surface area (Å²) in [5.41, 5.74) is 6.16. The van der Waals surface area contributed by atoms with Crippen molar-refractivity contribution in [2.24, 2.45) is 5.73 Å². The van der Waals surface area contributed by atoms with Gasteiger partial charge in [-0.05, 0) is 19.1 Å². The van der Waals surface area contributed by atoms with Crippen LogP contribution in [0.2, 0.25) is 0 Å². The zero-order valence-corrected chi connectivity index (χ0v) is 8.92. The maximum Gasteiger partial charge on any atom is 0.261 e. The van der Waals surface area contributed by atoms with E-state index in [1.165, 1.54) is 0 Å². The Kier molecular flexibility index (Phi) is 2.87. The molecule has 1 aromatic carbocycles. The predicted molar refractivity (Wildman–Crippen MR) is 58.8 cm³/mol. The van der Waals surface area contributed by atoms with E-state index in [9.17, 15) is 5.11 Å². The average Bonchev–Trinajstić information content (AvgIpc) is 2.66. The molecule has 1 aromatic heterocycles. The summed E-state index contributed by atoms with van der Waals surface area (Å²) in [7, 11) is 0. The van der Waals surface area contributed by atoms with Crippen LogP contribution >= 0.6 is 0 Å². The second-order valence-corrected chi connectivity index (χ2v) is 3.71. The van der Waals surface area contributed by atoms with Crippen LogP contribution in [0.3, 0.4) is 0 Å². The molecule has 1 heterocycles. The van der Waals surface area contributed by atoms with E-state index < -0.39 is 0 Å². The molecule has 0 fully saturated rings. The standard InChI is InChI=1S/C11H13N3O2/c1-7(12)6-10-13-11(16-14-10)8-4-2-3-5-9(8)15/h2-5,7,15H,6,12H2,1H3. The van der Waals surface area contributed by atoms with Gasteiger partial charge in [-0.15, -0.1) is 0 Å². The van der Waals surface area contributed by atoms with Crippen LogP contribution in [0.25, 0.3) is 11.5 Å². The van der Waals surface area contributed by atoms with Crippen molar-refractivity contribution in [2.45, 2.75) is 19.4 Å². The monoisotopic (exact) mass is 219 g/mol. The number of phenols is 1. The molecule has 5 nitrogen and oxygen atoms in total. The number of phenolic OH excluding ortho intramolecular Hbond substituents is 1. The zero-order valence-electron chi connectivity index (χ0n) is 8.92. The van der Waals surface area contributed by atoms with E-state index in [4.69, 9.17) is 10.3 Å². The SMILES string of the molecule is CC(N)Cc1noc(-c2ccccc2O)n1. The normalized spacial score (nSPS) is 12.6. The Morgan fingerprint density at radius 1 is 1.44 bits per heavy atom. The van der Waals surface area contributed by atoms with Gasteiger partial charge in [-0.1, -0.05) is 17.3 Å². The van der Waals surface area contributed by atoms with Gasteiger partial charge in [0.25, 0.3) is 5.89 Å². The van der Waals surface area contributed by atoms with Gasteiger partial charge >= 0.3 is 0 Å². The molecule has 16 heavy (non-hydrogen) atoms. The van der Waals surface area contributed by atoms with Gasteiger partial charge in [-0.3, -0.25) is 0 Å². The minimum absolute atomic E-state index is 0.0187. The summed E-state index contributed by atoms with van der Waals surface area (Å²) in [4.78, 5) is 4.16. The fourth-order valence-electron chi connectivity index (χ4n) is 1.39. The number of benzene rings is 1. The molecule has 0 aliphatic carbocycles. The molecule has 0 spiro atoms. The van der Waals surface area contributed by atoms with Gasteiger partial charge < -0.3 is 15.4 Å². The number of nitrogens with two attached hydrogens (primary N) is 1. The third-order valence-corrected chi connectivity index (χ3v) is 2.11. The first-order valence-electron chi connectivity index (χ1n) is 5.03. The van der Waals surface area contributed by atoms with E-state index >= 15 is 0 Å². The quantitative estimate of drug-likeness (QED) is 0.813. The highest BCUT2D eigenvalue weighted by Crippen LogP contribution is 2.26. The number of hydrogen-bond acceptors (Lipinski definition) is 5. The Hall–Kier alpha value is -1.88. The van der Waals surface area contributed by atoms with Crippen LogP contribution < -0.4 is 5.73 Å². The van der Waals surface area contributed by atoms with Crippen molar-refractivity contribution >= 4 is 0 Å². The van der Waals surface area contributed by atoms with Crippen LogP contribution in [0, 0.1) is 0 Å². The molecule has 0 radical (unpaired) electrons. The first kappa shape index (κ1) is 10.6. The van der Waals surface area contributed by atoms with E-state index in [1.807, 2.05) is 6.92 Å². The van der Waals surface area contributed by atoms with Gasteiger partial charge in [0.2, 0.25) is 0 Å². The van der Waals surface area contributed by atoms with Crippen LogP contribution in [-0.4, -0.2) is 21.3 Å². The Labute approximate surface area is 92.9 Å². The number of nitrogens with zero attached hydrogens (tertiary/aromatic N) is 2. The lowest BCUT2D eigenvalue weighted by atomic mass is 10.2. The number of aromatic nitrogens is 2. The van der Waals surface area contributed by atoms with Gasteiger partial charge in [0.05, 0.1) is 5.56 Å². The summed E-state index contributed by atoms with van der Waals surface area (Å²) in [6.07, 6.45) is 0.553. The Bertz CT molecular complexity index is 480. The average molecular weight is 219 g/mol. The molecule has 5 heteroatoms. The largest absolute Gasteiger partial charge is 0.507 e. The number of aromatic hydroxyl groups is 1. The molecular weight excluding hydrogens is 206 g/mol. The maximum absolute atomic E-state index is 9.60. The third-order valence-electron chi connectivity index (χ3n) is 2.11. The van der Waals surface area contributed by atoms with Crippen LogP contribution in [0.15, 0.2) is 28.8 Å². The lowest BCUT2D eigenvalue weighted by molar-refractivity contribution is 0.415. The highest BCUT2D eigenvalue weighted by atomic mass is 16.5. The van der Waals surface area contributed by atoms with Crippen molar-refractivity contribution in [2.75, 3.05) is 0 Å². The smallest absolute Gasteiger partial charge is 0.261 e. The molecule has 2 rings (SSSR count). The summed E-state index contributed by atoms with van der Waals surface area (Å²) in [5.74, 6) is 0.987. The van der Waals surface area contributed by atoms with Crippen LogP contribution in [0.5, 0.6) is 5.75 Å². The lowest BCUT2D eigenvalue weighted by Crippen LogP contribution is -2.18. The molecule has 1 atom stereocenters. The van der Waals surface area contributed by atoms with Crippen molar-refractivity contribution in [3.8, 4) is 17.2 Å². The molecule has 2 aromatic rings. The first-order valence-corrected chi connectivity index (χ1v) is 5.03. The van der Waals surface area contributed by atoms with Gasteiger partial charge in [0.1, 0.15) is 5.75 Å². The van der Waals surface area contributed by atoms with E-state index in [0.717, 1.165) is 0 Å². The summed E-state index contributed by atoms with van der Waals surface area (Å²) in [6.45, 7) is 1.87. The van der Waals surface area contributed by atoms with Gasteiger partial charge in [0, 0.05) is 12.5 Å². The van der Waals surface area contributed by atoms with Gasteiger partial charge in [-0.25, -0.2) is 0 Å². The fourth-order valence-corrected chi connectivity index (χ4v) is 1.39. The van der Waals surface area contributed by atoms with Crippen LogP contribution in [-0.2, 0) is 6.42 Å². The number of hydrogen-bond donors (Lipinski definition) is 2. The van der Waals surface area contributed by atoms with Crippen LogP contribution in [0.1, 0.15) is 12.7 Å². The van der Waals surface area contributed by atoms with Crippen molar-refractivity contribution in [3.05, 3.63) is 30.1 Å². The zero-order chi connectivity index (χ0) is 11.5. The van der Waals surface area contributed by atoms with E-state index in [-0.39, 0.29) is 11.8 Å². The van der Waals surface area contributed by atoms with Crippen LogP contribution in [0.4, 0.5) is 0 Å². The fraction of sp³-hybridized carbons (Fsp3) is 0.273. The molecule has 84 valence electrons. The van der Waals surface area contributed by atoms with Crippen molar-refractivity contribution in [3.63, 3.8) is 0 Å². The molecular formula is C11H13N3O2. The van der Waals surface area contributed by atoms with E-state index in [2.05, 4.69) is 10.1 Å². The van der Waals surface area contributed by atoms with Gasteiger partial charge in [-0.2, -0.15) is 4.98 Å². The lowest BCUT2D eigenvalue weighted by Gasteiger charge is -1.98. The van der Waals surface area contributed by atoms with Crippen molar-refractivity contribution in [1.82, 2.24) is 10.1 Å². The second kappa shape index (κ2) is 4.32. The van der Waals surface area contributed by atoms with Crippen molar-refractivity contribution in [1.29, 1.82) is 0 Å². The Morgan fingerprint density at radius 3 is 2.88 bits per heavy atom. The molecule has 0 amide bonds. The molecule has 0 aliphatic heterocycles. The molecule has 1 unspecified atom stereocenters. The van der Waals surface area contributed by atoms with Gasteiger partial charge in [0.15, 0.2) is 5.82 Å². The summed E-state index contributed by atoms with van der Waals surface area (Å²) in [5, 5.41) is 13.4. The topological polar surface area (TPSA) is 85.2 Å². The Morgan fingerprint density at radius 2 is 2.19 bits per heavy atom. The second-order valence-electron chi connectivity index (χ2n) is 3.71. The molecule has 0 saturated heterocycles. The minimum atomic E-state index is -0.0187. The first-order chi connectivity index (χ1) is 7.66. The maximum atomic E-state index is 9.60. The molecule has 0 saturated carbocycles. The summed E-state index contributed by atoms with van der Waals surface area (Å²) < 4.78 is 5.06. The predicted octanol–water partition coefficient (Wildman–Crippen LogP) is 1.33. The summed E-state index contributed by atoms with van der Waals surface area (Å²) >= 11 is 0. The molecule has 0 aliphatic rings. The summed E-state index contributed by atoms with van der Waals surface area (Å²) in [6, 6.07) is 6.81. The highest BCUT2D eigenvalue weighted by molar-refractivity contribution is 5.61. The highest BCUT2D eigenvalue weighted by Gasteiger charge is 2.12. The third kappa shape index (κ3) is 2.20.